The van der Waals surface area contributed by atoms with E-state index >= 15 is 0 Å². The molecular weight excluding hydrogens is 543 g/mol. The Morgan fingerprint density at radius 2 is 1.67 bits per heavy atom. The van der Waals surface area contributed by atoms with Gasteiger partial charge in [0, 0.05) is 56.3 Å². The minimum atomic E-state index is -4.55. The Bertz CT molecular complexity index is 1650. The van der Waals surface area contributed by atoms with Crippen molar-refractivity contribution in [2.45, 2.75) is 26.6 Å². The number of hydrogen-bond donors (Lipinski definition) is 2. The molecule has 1 saturated heterocycles. The van der Waals surface area contributed by atoms with Gasteiger partial charge in [0.05, 0.1) is 11.1 Å². The lowest BCUT2D eigenvalue weighted by Crippen LogP contribution is -2.44. The highest BCUT2D eigenvalue weighted by molar-refractivity contribution is 6.05. The molecule has 1 fully saturated rings. The fourth-order valence-electron chi connectivity index (χ4n) is 5.12. The average molecular weight is 576 g/mol. The number of nitrogens with one attached hydrogen (secondary N) is 2. The summed E-state index contributed by atoms with van der Waals surface area (Å²) in [6, 6.07) is 18.4. The monoisotopic (exact) mass is 575 g/mol. The Hall–Kier alpha value is -4.28. The van der Waals surface area contributed by atoms with Crippen molar-refractivity contribution in [2.24, 2.45) is 0 Å². The van der Waals surface area contributed by atoms with Gasteiger partial charge >= 0.3 is 6.18 Å². The van der Waals surface area contributed by atoms with Gasteiger partial charge in [-0.3, -0.25) is 14.5 Å². The van der Waals surface area contributed by atoms with Gasteiger partial charge < -0.3 is 15.5 Å². The van der Waals surface area contributed by atoms with Crippen LogP contribution in [0.5, 0.6) is 0 Å². The number of rotatable bonds is 6. The van der Waals surface area contributed by atoms with Crippen LogP contribution in [0.3, 0.4) is 0 Å². The Morgan fingerprint density at radius 1 is 0.905 bits per heavy atom. The number of anilines is 2. The standard InChI is InChI=1S/C32H32F3N5O2/c1-20-4-5-24(17-27(20)22-7-10-29-23(16-22)8-11-30(38-29)36-21(2)41)31(42)37-26-9-6-25(28(18-26)32(33,34)35)19-40-14-12-39(3)13-15-40/h4-11,16-18H,12-15,19H2,1-3H3,(H,37,42)(H,36,38,41). The molecule has 1 aliphatic rings. The van der Waals surface area contributed by atoms with Gasteiger partial charge in [0.15, 0.2) is 0 Å². The number of fused-ring (bicyclic) bond motifs is 1. The molecule has 2 heterocycles. The van der Waals surface area contributed by atoms with Crippen LogP contribution in [0.25, 0.3) is 22.0 Å². The predicted octanol–water partition coefficient (Wildman–Crippen LogP) is 6.19. The van der Waals surface area contributed by atoms with Gasteiger partial charge in [-0.1, -0.05) is 18.2 Å². The molecule has 3 aromatic carbocycles. The maximum absolute atomic E-state index is 14.0. The van der Waals surface area contributed by atoms with E-state index < -0.39 is 17.6 Å². The van der Waals surface area contributed by atoms with Gasteiger partial charge in [-0.15, -0.1) is 0 Å². The molecule has 2 amide bonds. The number of carbonyl (C=O) groups excluding carboxylic acids is 2. The molecule has 1 aliphatic heterocycles. The van der Waals surface area contributed by atoms with Crippen LogP contribution in [0.15, 0.2) is 66.7 Å². The second-order valence-corrected chi connectivity index (χ2v) is 10.7. The van der Waals surface area contributed by atoms with Crippen LogP contribution in [0, 0.1) is 6.92 Å². The van der Waals surface area contributed by atoms with Crippen molar-refractivity contribution < 1.29 is 22.8 Å². The van der Waals surface area contributed by atoms with E-state index in [2.05, 4.69) is 20.5 Å². The fraction of sp³-hybridized carbons (Fsp3) is 0.281. The smallest absolute Gasteiger partial charge is 0.322 e. The van der Waals surface area contributed by atoms with Gasteiger partial charge in [-0.2, -0.15) is 13.2 Å². The second kappa shape index (κ2) is 11.9. The van der Waals surface area contributed by atoms with E-state index in [1.54, 1.807) is 18.2 Å². The van der Waals surface area contributed by atoms with Crippen LogP contribution in [-0.4, -0.2) is 59.8 Å². The molecule has 2 N–H and O–H groups in total. The van der Waals surface area contributed by atoms with Crippen LogP contribution in [0.1, 0.15) is 34.0 Å². The summed E-state index contributed by atoms with van der Waals surface area (Å²) in [5.41, 5.74) is 3.17. The highest BCUT2D eigenvalue weighted by Crippen LogP contribution is 2.35. The summed E-state index contributed by atoms with van der Waals surface area (Å²) < 4.78 is 42.0. The van der Waals surface area contributed by atoms with E-state index in [0.29, 0.717) is 30.0 Å². The molecule has 0 spiro atoms. The summed E-state index contributed by atoms with van der Waals surface area (Å²) in [7, 11) is 2.00. The van der Waals surface area contributed by atoms with Gasteiger partial charge in [-0.05, 0) is 84.8 Å². The van der Waals surface area contributed by atoms with E-state index in [1.165, 1.54) is 19.1 Å². The van der Waals surface area contributed by atoms with E-state index in [1.807, 2.05) is 49.2 Å². The van der Waals surface area contributed by atoms with Crippen LogP contribution in [-0.2, 0) is 17.5 Å². The summed E-state index contributed by atoms with van der Waals surface area (Å²) in [4.78, 5) is 33.2. The zero-order valence-electron chi connectivity index (χ0n) is 23.7. The lowest BCUT2D eigenvalue weighted by Gasteiger charge is -2.33. The summed E-state index contributed by atoms with van der Waals surface area (Å²) in [5.74, 6) is -0.252. The first-order valence-corrected chi connectivity index (χ1v) is 13.7. The fourth-order valence-corrected chi connectivity index (χ4v) is 5.12. The summed E-state index contributed by atoms with van der Waals surface area (Å²) in [5, 5.41) is 6.17. The first-order valence-electron chi connectivity index (χ1n) is 13.7. The zero-order valence-corrected chi connectivity index (χ0v) is 23.7. The number of benzene rings is 3. The van der Waals surface area contributed by atoms with Crippen LogP contribution < -0.4 is 10.6 Å². The number of halogens is 3. The van der Waals surface area contributed by atoms with E-state index in [-0.39, 0.29) is 23.7 Å². The minimum Gasteiger partial charge on any atom is -0.322 e. The van der Waals surface area contributed by atoms with Crippen molar-refractivity contribution in [1.82, 2.24) is 14.8 Å². The van der Waals surface area contributed by atoms with Gasteiger partial charge in [0.25, 0.3) is 5.91 Å². The number of aryl methyl sites for hydroxylation is 1. The molecule has 42 heavy (non-hydrogen) atoms. The summed E-state index contributed by atoms with van der Waals surface area (Å²) in [6.07, 6.45) is -4.55. The summed E-state index contributed by atoms with van der Waals surface area (Å²) >= 11 is 0. The molecule has 0 bridgehead atoms. The lowest BCUT2D eigenvalue weighted by atomic mass is 9.96. The minimum absolute atomic E-state index is 0.0864. The Morgan fingerprint density at radius 3 is 2.38 bits per heavy atom. The SMILES string of the molecule is CC(=O)Nc1ccc2cc(-c3cc(C(=O)Nc4ccc(CN5CCN(C)CC5)c(C(F)(F)F)c4)ccc3C)ccc2n1. The molecular formula is C32H32F3N5O2. The highest BCUT2D eigenvalue weighted by Gasteiger charge is 2.34. The van der Waals surface area contributed by atoms with Crippen molar-refractivity contribution in [3.63, 3.8) is 0 Å². The molecule has 7 nitrogen and oxygen atoms in total. The molecule has 0 radical (unpaired) electrons. The molecule has 0 unspecified atom stereocenters. The second-order valence-electron chi connectivity index (χ2n) is 10.7. The number of piperazine rings is 1. The predicted molar refractivity (Wildman–Crippen MR) is 158 cm³/mol. The number of alkyl halides is 3. The van der Waals surface area contributed by atoms with E-state index in [4.69, 9.17) is 0 Å². The normalized spacial score (nSPS) is 14.6. The largest absolute Gasteiger partial charge is 0.416 e. The number of hydrogen-bond acceptors (Lipinski definition) is 5. The third kappa shape index (κ3) is 6.78. The molecule has 218 valence electrons. The first kappa shape index (κ1) is 29.2. The van der Waals surface area contributed by atoms with E-state index in [9.17, 15) is 22.8 Å². The zero-order chi connectivity index (χ0) is 30.0. The third-order valence-electron chi connectivity index (χ3n) is 7.47. The quantitative estimate of drug-likeness (QED) is 0.287. The molecule has 10 heteroatoms. The Labute approximate surface area is 242 Å². The van der Waals surface area contributed by atoms with Crippen molar-refractivity contribution in [1.29, 1.82) is 0 Å². The van der Waals surface area contributed by atoms with E-state index in [0.717, 1.165) is 41.2 Å². The number of pyridine rings is 1. The van der Waals surface area contributed by atoms with Crippen molar-refractivity contribution in [3.05, 3.63) is 89.0 Å². The van der Waals surface area contributed by atoms with Crippen molar-refractivity contribution >= 4 is 34.2 Å². The number of aromatic nitrogens is 1. The topological polar surface area (TPSA) is 77.6 Å². The molecule has 0 aliphatic carbocycles. The Balaban J connectivity index is 1.37. The summed E-state index contributed by atoms with van der Waals surface area (Å²) in [6.45, 7) is 6.57. The maximum atomic E-state index is 14.0. The number of nitrogens with zero attached hydrogens (tertiary/aromatic N) is 3. The van der Waals surface area contributed by atoms with Crippen LogP contribution in [0.2, 0.25) is 0 Å². The van der Waals surface area contributed by atoms with Crippen LogP contribution in [0.4, 0.5) is 24.7 Å². The van der Waals surface area contributed by atoms with Crippen molar-refractivity contribution in [2.75, 3.05) is 43.9 Å². The van der Waals surface area contributed by atoms with Gasteiger partial charge in [-0.25, -0.2) is 4.98 Å². The number of carbonyl (C=O) groups is 2. The average Bonchev–Trinajstić information content (AvgIpc) is 2.94. The molecule has 0 saturated carbocycles. The first-order chi connectivity index (χ1) is 20.0. The number of likely N-dealkylation sites (N-methyl/N-ethyl adjacent to an activating group) is 1. The third-order valence-corrected chi connectivity index (χ3v) is 7.47. The molecule has 1 aromatic heterocycles. The van der Waals surface area contributed by atoms with Crippen LogP contribution >= 0.6 is 0 Å². The maximum Gasteiger partial charge on any atom is 0.416 e. The highest BCUT2D eigenvalue weighted by atomic mass is 19.4. The number of amides is 2. The van der Waals surface area contributed by atoms with Gasteiger partial charge in [0.1, 0.15) is 5.82 Å². The molecule has 5 rings (SSSR count). The molecule has 4 aromatic rings. The van der Waals surface area contributed by atoms with Crippen molar-refractivity contribution in [3.8, 4) is 11.1 Å². The Kier molecular flexibility index (Phi) is 8.29. The lowest BCUT2D eigenvalue weighted by molar-refractivity contribution is -0.138. The van der Waals surface area contributed by atoms with Gasteiger partial charge in [0.2, 0.25) is 5.91 Å². The molecule has 0 atom stereocenters.